The summed E-state index contributed by atoms with van der Waals surface area (Å²) < 4.78 is 5.78. The Bertz CT molecular complexity index is 904. The van der Waals surface area contributed by atoms with E-state index in [-0.39, 0.29) is 36.0 Å². The third-order valence-electron chi connectivity index (χ3n) is 3.69. The Hall–Kier alpha value is -3.23. The van der Waals surface area contributed by atoms with Gasteiger partial charge in [0.05, 0.1) is 23.6 Å². The maximum absolute atomic E-state index is 12.6. The minimum Gasteiger partial charge on any atom is -0.505 e. The largest absolute Gasteiger partial charge is 0.505 e. The van der Waals surface area contributed by atoms with Gasteiger partial charge in [-0.2, -0.15) is 5.10 Å². The summed E-state index contributed by atoms with van der Waals surface area (Å²) in [6, 6.07) is 5.93. The Morgan fingerprint density at radius 3 is 2.62 bits per heavy atom. The van der Waals surface area contributed by atoms with Crippen molar-refractivity contribution in [2.45, 2.75) is 33.2 Å². The number of para-hydroxylation sites is 1. The topological polar surface area (TPSA) is 125 Å². The van der Waals surface area contributed by atoms with Crippen molar-refractivity contribution in [2.24, 2.45) is 0 Å². The molecule has 1 aromatic carbocycles. The number of esters is 1. The van der Waals surface area contributed by atoms with Crippen LogP contribution in [0.1, 0.15) is 48.3 Å². The Labute approximate surface area is 149 Å². The summed E-state index contributed by atoms with van der Waals surface area (Å²) in [5, 5.41) is 25.5. The minimum absolute atomic E-state index is 0.0290. The standard InChI is InChI=1S/C17H19N3O6/c1-4-26-17(23)13-15(21)14(10(2)3)18-19(16(13)22)9-11-7-5-6-8-12(11)20(24)25/h5-8,10,21H,4,9H2,1-3H3. The molecule has 0 saturated heterocycles. The highest BCUT2D eigenvalue weighted by Gasteiger charge is 2.26. The highest BCUT2D eigenvalue weighted by molar-refractivity contribution is 5.92. The monoisotopic (exact) mass is 361 g/mol. The van der Waals surface area contributed by atoms with Crippen LogP contribution < -0.4 is 5.56 Å². The molecule has 2 rings (SSSR count). The van der Waals surface area contributed by atoms with Gasteiger partial charge in [0, 0.05) is 12.0 Å². The van der Waals surface area contributed by atoms with Gasteiger partial charge >= 0.3 is 5.97 Å². The average Bonchev–Trinajstić information content (AvgIpc) is 2.57. The quantitative estimate of drug-likeness (QED) is 0.475. The van der Waals surface area contributed by atoms with Crippen molar-refractivity contribution >= 4 is 11.7 Å². The molecular weight excluding hydrogens is 342 g/mol. The highest BCUT2D eigenvalue weighted by Crippen LogP contribution is 2.26. The summed E-state index contributed by atoms with van der Waals surface area (Å²) in [7, 11) is 0. The molecule has 1 heterocycles. The molecule has 0 saturated carbocycles. The fraction of sp³-hybridized carbons (Fsp3) is 0.353. The van der Waals surface area contributed by atoms with E-state index in [1.165, 1.54) is 18.2 Å². The predicted molar refractivity (Wildman–Crippen MR) is 92.4 cm³/mol. The fourth-order valence-corrected chi connectivity index (χ4v) is 2.45. The molecule has 0 fully saturated rings. The van der Waals surface area contributed by atoms with Crippen molar-refractivity contribution in [1.29, 1.82) is 0 Å². The number of benzene rings is 1. The van der Waals surface area contributed by atoms with Gasteiger partial charge in [0.2, 0.25) is 0 Å². The number of carbonyl (C=O) groups excluding carboxylic acids is 1. The van der Waals surface area contributed by atoms with E-state index in [0.29, 0.717) is 0 Å². The van der Waals surface area contributed by atoms with Gasteiger partial charge in [0.15, 0.2) is 11.3 Å². The van der Waals surface area contributed by atoms with E-state index in [1.54, 1.807) is 26.8 Å². The Balaban J connectivity index is 2.65. The lowest BCUT2D eigenvalue weighted by Gasteiger charge is -2.14. The molecule has 138 valence electrons. The molecule has 0 spiro atoms. The molecule has 9 heteroatoms. The number of nitro benzene ring substituents is 1. The minimum atomic E-state index is -0.962. The molecule has 1 aromatic heterocycles. The normalized spacial score (nSPS) is 10.8. The molecule has 0 bridgehead atoms. The van der Waals surface area contributed by atoms with Gasteiger partial charge in [-0.25, -0.2) is 9.48 Å². The average molecular weight is 361 g/mol. The van der Waals surface area contributed by atoms with Gasteiger partial charge in [-0.1, -0.05) is 32.0 Å². The van der Waals surface area contributed by atoms with Crippen LogP contribution in [0.25, 0.3) is 0 Å². The van der Waals surface area contributed by atoms with Gasteiger partial charge in [0.1, 0.15) is 5.69 Å². The summed E-state index contributed by atoms with van der Waals surface area (Å²) in [6.45, 7) is 4.85. The summed E-state index contributed by atoms with van der Waals surface area (Å²) >= 11 is 0. The molecule has 0 aliphatic carbocycles. The molecule has 0 aliphatic heterocycles. The van der Waals surface area contributed by atoms with Gasteiger partial charge in [-0.15, -0.1) is 0 Å². The van der Waals surface area contributed by atoms with Gasteiger partial charge in [0.25, 0.3) is 11.2 Å². The van der Waals surface area contributed by atoms with E-state index in [2.05, 4.69) is 5.10 Å². The summed E-state index contributed by atoms with van der Waals surface area (Å²) in [5.41, 5.74) is -1.18. The van der Waals surface area contributed by atoms with E-state index in [0.717, 1.165) is 4.68 Å². The third-order valence-corrected chi connectivity index (χ3v) is 3.69. The second kappa shape index (κ2) is 7.77. The van der Waals surface area contributed by atoms with Crippen molar-refractivity contribution in [3.63, 3.8) is 0 Å². The first kappa shape index (κ1) is 19.1. The Morgan fingerprint density at radius 2 is 2.04 bits per heavy atom. The van der Waals surface area contributed by atoms with Crippen LogP contribution in [0, 0.1) is 10.1 Å². The van der Waals surface area contributed by atoms with Crippen molar-refractivity contribution in [3.8, 4) is 5.75 Å². The molecule has 0 aliphatic rings. The number of aromatic nitrogens is 2. The fourth-order valence-electron chi connectivity index (χ4n) is 2.45. The number of hydrogen-bond donors (Lipinski definition) is 1. The summed E-state index contributed by atoms with van der Waals surface area (Å²) in [4.78, 5) is 35.4. The zero-order valence-corrected chi connectivity index (χ0v) is 14.6. The van der Waals surface area contributed by atoms with Crippen molar-refractivity contribution in [1.82, 2.24) is 9.78 Å². The molecule has 9 nitrogen and oxygen atoms in total. The van der Waals surface area contributed by atoms with Crippen LogP contribution in [0.5, 0.6) is 5.75 Å². The van der Waals surface area contributed by atoms with Gasteiger partial charge < -0.3 is 9.84 Å². The lowest BCUT2D eigenvalue weighted by molar-refractivity contribution is -0.385. The molecular formula is C17H19N3O6. The number of hydrogen-bond acceptors (Lipinski definition) is 7. The number of ether oxygens (including phenoxy) is 1. The van der Waals surface area contributed by atoms with Crippen molar-refractivity contribution in [3.05, 3.63) is 61.6 Å². The second-order valence-corrected chi connectivity index (χ2v) is 5.83. The molecule has 0 radical (unpaired) electrons. The second-order valence-electron chi connectivity index (χ2n) is 5.83. The first-order valence-corrected chi connectivity index (χ1v) is 8.01. The molecule has 26 heavy (non-hydrogen) atoms. The zero-order valence-electron chi connectivity index (χ0n) is 14.6. The predicted octanol–water partition coefficient (Wildman–Crippen LogP) is 2.21. The Kier molecular flexibility index (Phi) is 5.71. The van der Waals surface area contributed by atoms with Gasteiger partial charge in [-0.05, 0) is 6.92 Å². The lowest BCUT2D eigenvalue weighted by atomic mass is 10.1. The molecule has 2 aromatic rings. The third kappa shape index (κ3) is 3.71. The first-order chi connectivity index (χ1) is 12.3. The van der Waals surface area contributed by atoms with Crippen LogP contribution in [-0.4, -0.2) is 32.4 Å². The van der Waals surface area contributed by atoms with Crippen LogP contribution in [0.4, 0.5) is 5.69 Å². The van der Waals surface area contributed by atoms with Crippen LogP contribution in [-0.2, 0) is 11.3 Å². The van der Waals surface area contributed by atoms with Crippen LogP contribution >= 0.6 is 0 Å². The van der Waals surface area contributed by atoms with E-state index in [4.69, 9.17) is 4.74 Å². The molecule has 0 amide bonds. The Morgan fingerprint density at radius 1 is 1.38 bits per heavy atom. The SMILES string of the molecule is CCOC(=O)c1c(O)c(C(C)C)nn(Cc2ccccc2[N+](=O)[O-])c1=O. The maximum Gasteiger partial charge on any atom is 0.347 e. The van der Waals surface area contributed by atoms with E-state index in [9.17, 15) is 24.8 Å². The van der Waals surface area contributed by atoms with E-state index >= 15 is 0 Å². The smallest absolute Gasteiger partial charge is 0.347 e. The first-order valence-electron chi connectivity index (χ1n) is 8.01. The van der Waals surface area contributed by atoms with E-state index < -0.39 is 27.8 Å². The van der Waals surface area contributed by atoms with Crippen LogP contribution in [0.2, 0.25) is 0 Å². The lowest BCUT2D eigenvalue weighted by Crippen LogP contribution is -2.31. The molecule has 1 N–H and O–H groups in total. The summed E-state index contributed by atoms with van der Waals surface area (Å²) in [6.07, 6.45) is 0. The zero-order chi connectivity index (χ0) is 19.4. The van der Waals surface area contributed by atoms with Crippen molar-refractivity contribution < 1.29 is 19.6 Å². The number of nitro groups is 1. The van der Waals surface area contributed by atoms with E-state index in [1.807, 2.05) is 0 Å². The van der Waals surface area contributed by atoms with Gasteiger partial charge in [-0.3, -0.25) is 14.9 Å². The number of carbonyl (C=O) groups is 1. The van der Waals surface area contributed by atoms with Crippen LogP contribution in [0.3, 0.4) is 0 Å². The van der Waals surface area contributed by atoms with Crippen molar-refractivity contribution in [2.75, 3.05) is 6.61 Å². The number of aromatic hydroxyl groups is 1. The number of nitrogens with zero attached hydrogens (tertiary/aromatic N) is 3. The van der Waals surface area contributed by atoms with Crippen LogP contribution in [0.15, 0.2) is 29.1 Å². The highest BCUT2D eigenvalue weighted by atomic mass is 16.6. The number of rotatable bonds is 6. The maximum atomic E-state index is 12.6. The molecule has 0 atom stereocenters. The summed E-state index contributed by atoms with van der Waals surface area (Å²) in [5.74, 6) is -1.78. The molecule has 0 unspecified atom stereocenters.